The van der Waals surface area contributed by atoms with Crippen molar-refractivity contribution in [1.29, 1.82) is 0 Å². The van der Waals surface area contributed by atoms with E-state index in [9.17, 15) is 9.59 Å². The highest BCUT2D eigenvalue weighted by atomic mass is 16.4. The van der Waals surface area contributed by atoms with Crippen molar-refractivity contribution in [2.45, 2.75) is 32.6 Å². The van der Waals surface area contributed by atoms with Crippen molar-refractivity contribution in [3.63, 3.8) is 0 Å². The number of benzene rings is 1. The minimum absolute atomic E-state index is 0.0687. The van der Waals surface area contributed by atoms with Gasteiger partial charge in [-0.3, -0.25) is 9.59 Å². The smallest absolute Gasteiger partial charge is 0.308 e. The van der Waals surface area contributed by atoms with Crippen molar-refractivity contribution in [2.75, 3.05) is 13.1 Å². The van der Waals surface area contributed by atoms with Gasteiger partial charge in [-0.15, -0.1) is 0 Å². The van der Waals surface area contributed by atoms with Crippen LogP contribution in [0, 0.1) is 12.8 Å². The topological polar surface area (TPSA) is 57.6 Å². The minimum Gasteiger partial charge on any atom is -0.481 e. The van der Waals surface area contributed by atoms with Crippen LogP contribution in [0.2, 0.25) is 0 Å². The Bertz CT molecular complexity index is 498. The van der Waals surface area contributed by atoms with Crippen molar-refractivity contribution in [1.82, 2.24) is 4.90 Å². The summed E-state index contributed by atoms with van der Waals surface area (Å²) in [5.41, 5.74) is 2.38. The molecule has 1 aromatic carbocycles. The predicted molar refractivity (Wildman–Crippen MR) is 76.4 cm³/mol. The number of carboxylic acid groups (broad SMARTS) is 1. The van der Waals surface area contributed by atoms with E-state index < -0.39 is 11.9 Å². The summed E-state index contributed by atoms with van der Waals surface area (Å²) in [6.45, 7) is 3.10. The molecule has 1 N–H and O–H groups in total. The molecule has 108 valence electrons. The molecular weight excluding hydrogens is 254 g/mol. The highest BCUT2D eigenvalue weighted by molar-refractivity contribution is 5.78. The molecule has 0 aliphatic carbocycles. The second kappa shape index (κ2) is 6.55. The monoisotopic (exact) mass is 275 g/mol. The van der Waals surface area contributed by atoms with Crippen molar-refractivity contribution < 1.29 is 14.7 Å². The van der Waals surface area contributed by atoms with Crippen LogP contribution in [-0.2, 0) is 16.0 Å². The fraction of sp³-hybridized carbons (Fsp3) is 0.500. The van der Waals surface area contributed by atoms with Crippen LogP contribution in [0.1, 0.15) is 30.4 Å². The van der Waals surface area contributed by atoms with Gasteiger partial charge in [-0.1, -0.05) is 24.3 Å². The second-order valence-electron chi connectivity index (χ2n) is 5.44. The maximum absolute atomic E-state index is 12.2. The Morgan fingerprint density at radius 2 is 2.10 bits per heavy atom. The minimum atomic E-state index is -0.790. The zero-order valence-corrected chi connectivity index (χ0v) is 11.8. The number of rotatable bonds is 4. The lowest BCUT2D eigenvalue weighted by Gasteiger charge is -2.30. The van der Waals surface area contributed by atoms with E-state index in [1.54, 1.807) is 4.90 Å². The van der Waals surface area contributed by atoms with Gasteiger partial charge in [-0.25, -0.2) is 0 Å². The summed E-state index contributed by atoms with van der Waals surface area (Å²) in [6.07, 6.45) is 2.64. The number of aliphatic carboxylic acids is 1. The van der Waals surface area contributed by atoms with Crippen LogP contribution in [0.25, 0.3) is 0 Å². The number of hydrogen-bond donors (Lipinski definition) is 1. The van der Waals surface area contributed by atoms with Crippen molar-refractivity contribution in [2.24, 2.45) is 5.92 Å². The number of carboxylic acids is 1. The fourth-order valence-corrected chi connectivity index (χ4v) is 2.70. The number of aryl methyl sites for hydroxylation is 2. The molecular formula is C16H21NO3. The van der Waals surface area contributed by atoms with Gasteiger partial charge in [0.2, 0.25) is 5.91 Å². The molecule has 0 saturated carbocycles. The van der Waals surface area contributed by atoms with Gasteiger partial charge in [0.15, 0.2) is 0 Å². The molecule has 0 radical (unpaired) electrons. The number of nitrogens with zero attached hydrogens (tertiary/aromatic N) is 1. The van der Waals surface area contributed by atoms with Gasteiger partial charge in [0, 0.05) is 19.5 Å². The third-order valence-electron chi connectivity index (χ3n) is 3.99. The third-order valence-corrected chi connectivity index (χ3v) is 3.99. The Morgan fingerprint density at radius 3 is 2.80 bits per heavy atom. The first-order chi connectivity index (χ1) is 9.58. The third kappa shape index (κ3) is 3.59. The van der Waals surface area contributed by atoms with Crippen molar-refractivity contribution >= 4 is 11.9 Å². The molecule has 0 bridgehead atoms. The number of piperidine rings is 1. The standard InChI is InChI=1S/C16H21NO3/c1-12-5-2-3-6-13(12)8-9-15(18)17-10-4-7-14(11-17)16(19)20/h2-3,5-6,14H,4,7-11H2,1H3,(H,19,20)/t14-/m1/s1. The van der Waals surface area contributed by atoms with E-state index >= 15 is 0 Å². The Morgan fingerprint density at radius 1 is 1.35 bits per heavy atom. The summed E-state index contributed by atoms with van der Waals surface area (Å²) in [4.78, 5) is 24.9. The summed E-state index contributed by atoms with van der Waals surface area (Å²) < 4.78 is 0. The van der Waals surface area contributed by atoms with Gasteiger partial charge in [0.25, 0.3) is 0 Å². The van der Waals surface area contributed by atoms with Crippen LogP contribution in [0.5, 0.6) is 0 Å². The van der Waals surface area contributed by atoms with Crippen LogP contribution in [-0.4, -0.2) is 35.0 Å². The van der Waals surface area contributed by atoms with E-state index in [0.29, 0.717) is 25.9 Å². The normalized spacial score (nSPS) is 18.9. The first-order valence-electron chi connectivity index (χ1n) is 7.13. The first-order valence-corrected chi connectivity index (χ1v) is 7.13. The highest BCUT2D eigenvalue weighted by Crippen LogP contribution is 2.18. The Balaban J connectivity index is 1.89. The summed E-state index contributed by atoms with van der Waals surface area (Å²) in [7, 11) is 0. The van der Waals surface area contributed by atoms with Gasteiger partial charge in [0.1, 0.15) is 0 Å². The molecule has 1 amide bonds. The van der Waals surface area contributed by atoms with E-state index in [-0.39, 0.29) is 5.91 Å². The Labute approximate surface area is 119 Å². The zero-order valence-electron chi connectivity index (χ0n) is 11.8. The van der Waals surface area contributed by atoms with Crippen molar-refractivity contribution in [3.8, 4) is 0 Å². The summed E-state index contributed by atoms with van der Waals surface area (Å²) in [5, 5.41) is 9.04. The average Bonchev–Trinajstić information content (AvgIpc) is 2.46. The molecule has 4 heteroatoms. The number of carbonyl (C=O) groups is 2. The van der Waals surface area contributed by atoms with E-state index in [4.69, 9.17) is 5.11 Å². The number of hydrogen-bond acceptors (Lipinski definition) is 2. The maximum Gasteiger partial charge on any atom is 0.308 e. The van der Waals surface area contributed by atoms with E-state index in [0.717, 1.165) is 12.8 Å². The molecule has 4 nitrogen and oxygen atoms in total. The lowest BCUT2D eigenvalue weighted by atomic mass is 9.97. The SMILES string of the molecule is Cc1ccccc1CCC(=O)N1CCC[C@@H](C(=O)O)C1. The Kier molecular flexibility index (Phi) is 4.77. The molecule has 0 spiro atoms. The van der Waals surface area contributed by atoms with Gasteiger partial charge in [0.05, 0.1) is 5.92 Å². The molecule has 1 aliphatic heterocycles. The van der Waals surface area contributed by atoms with Crippen LogP contribution >= 0.6 is 0 Å². The van der Waals surface area contributed by atoms with Crippen molar-refractivity contribution in [3.05, 3.63) is 35.4 Å². The van der Waals surface area contributed by atoms with Gasteiger partial charge >= 0.3 is 5.97 Å². The molecule has 20 heavy (non-hydrogen) atoms. The molecule has 1 fully saturated rings. The Hall–Kier alpha value is -1.84. The fourth-order valence-electron chi connectivity index (χ4n) is 2.70. The molecule has 1 saturated heterocycles. The van der Waals surface area contributed by atoms with Crippen LogP contribution in [0.4, 0.5) is 0 Å². The summed E-state index contributed by atoms with van der Waals surface area (Å²) in [5.74, 6) is -1.12. The first kappa shape index (κ1) is 14.6. The molecule has 1 atom stereocenters. The van der Waals surface area contributed by atoms with E-state index in [1.807, 2.05) is 31.2 Å². The molecule has 1 aliphatic rings. The molecule has 0 aromatic heterocycles. The molecule has 0 unspecified atom stereocenters. The van der Waals surface area contributed by atoms with Gasteiger partial charge < -0.3 is 10.0 Å². The quantitative estimate of drug-likeness (QED) is 0.917. The van der Waals surface area contributed by atoms with Crippen LogP contribution < -0.4 is 0 Å². The van der Waals surface area contributed by atoms with Gasteiger partial charge in [-0.05, 0) is 37.3 Å². The number of carbonyl (C=O) groups excluding carboxylic acids is 1. The van der Waals surface area contributed by atoms with E-state index in [2.05, 4.69) is 0 Å². The molecule has 1 heterocycles. The van der Waals surface area contributed by atoms with E-state index in [1.165, 1.54) is 11.1 Å². The summed E-state index contributed by atoms with van der Waals surface area (Å²) in [6, 6.07) is 8.05. The lowest BCUT2D eigenvalue weighted by Crippen LogP contribution is -2.42. The lowest BCUT2D eigenvalue weighted by molar-refractivity contribution is -0.145. The molecule has 1 aromatic rings. The average molecular weight is 275 g/mol. The number of amides is 1. The maximum atomic E-state index is 12.2. The second-order valence-corrected chi connectivity index (χ2v) is 5.44. The largest absolute Gasteiger partial charge is 0.481 e. The number of likely N-dealkylation sites (tertiary alicyclic amines) is 1. The molecule has 2 rings (SSSR count). The summed E-state index contributed by atoms with van der Waals surface area (Å²) >= 11 is 0. The van der Waals surface area contributed by atoms with Crippen LogP contribution in [0.3, 0.4) is 0 Å². The van der Waals surface area contributed by atoms with Crippen LogP contribution in [0.15, 0.2) is 24.3 Å². The highest BCUT2D eigenvalue weighted by Gasteiger charge is 2.27. The zero-order chi connectivity index (χ0) is 14.5. The van der Waals surface area contributed by atoms with Gasteiger partial charge in [-0.2, -0.15) is 0 Å². The predicted octanol–water partition coefficient (Wildman–Crippen LogP) is 2.25.